The second-order valence-electron chi connectivity index (χ2n) is 7.43. The fourth-order valence-corrected chi connectivity index (χ4v) is 5.10. The topological polar surface area (TPSA) is 36.9 Å². The Kier molecular flexibility index (Phi) is 6.36. The van der Waals surface area contributed by atoms with Crippen molar-refractivity contribution < 1.29 is 18.9 Å². The standard InChI is InChI=1S/C19H30O4/c1-2-3-20-4-5-21-6-7-22-8-9-23-19-13-16-10-17(14-19)12-18(11-16)15-19/h1,16-18H,3-15H2. The summed E-state index contributed by atoms with van der Waals surface area (Å²) in [5.41, 5.74) is 0.197. The van der Waals surface area contributed by atoms with Crippen molar-refractivity contribution in [3.63, 3.8) is 0 Å². The van der Waals surface area contributed by atoms with Gasteiger partial charge in [-0.3, -0.25) is 0 Å². The third-order valence-electron chi connectivity index (χ3n) is 5.55. The molecule has 0 spiro atoms. The summed E-state index contributed by atoms with van der Waals surface area (Å²) in [5.74, 6) is 5.24. The molecule has 4 heteroatoms. The van der Waals surface area contributed by atoms with E-state index in [4.69, 9.17) is 25.4 Å². The molecule has 4 rings (SSSR count). The largest absolute Gasteiger partial charge is 0.377 e. The highest BCUT2D eigenvalue weighted by Gasteiger charge is 2.51. The molecule has 4 nitrogen and oxygen atoms in total. The molecular formula is C19H30O4. The molecule has 23 heavy (non-hydrogen) atoms. The Balaban J connectivity index is 1.19. The summed E-state index contributed by atoms with van der Waals surface area (Å²) in [5, 5.41) is 0. The van der Waals surface area contributed by atoms with Crippen molar-refractivity contribution in [2.45, 2.75) is 44.1 Å². The first-order valence-corrected chi connectivity index (χ1v) is 9.10. The second-order valence-corrected chi connectivity index (χ2v) is 7.43. The van der Waals surface area contributed by atoms with Gasteiger partial charge in [0.25, 0.3) is 0 Å². The smallest absolute Gasteiger partial charge is 0.107 e. The fraction of sp³-hybridized carbons (Fsp3) is 0.895. The Bertz CT molecular complexity index is 365. The van der Waals surface area contributed by atoms with E-state index in [0.29, 0.717) is 39.6 Å². The van der Waals surface area contributed by atoms with Gasteiger partial charge in [0.1, 0.15) is 6.61 Å². The Hall–Kier alpha value is -0.600. The van der Waals surface area contributed by atoms with Crippen LogP contribution in [0, 0.1) is 30.1 Å². The van der Waals surface area contributed by atoms with Crippen molar-refractivity contribution in [2.24, 2.45) is 17.8 Å². The van der Waals surface area contributed by atoms with Gasteiger partial charge in [0.05, 0.1) is 45.2 Å². The van der Waals surface area contributed by atoms with Crippen molar-refractivity contribution in [1.29, 1.82) is 0 Å². The molecule has 0 aromatic carbocycles. The zero-order chi connectivity index (χ0) is 16.0. The SMILES string of the molecule is C#CCOCCOCCOCCOC12CC3CC(CC(C3)C1)C2. The summed E-state index contributed by atoms with van der Waals surface area (Å²) in [6, 6.07) is 0. The van der Waals surface area contributed by atoms with Gasteiger partial charge in [-0.25, -0.2) is 0 Å². The summed E-state index contributed by atoms with van der Waals surface area (Å²) < 4.78 is 22.4. The van der Waals surface area contributed by atoms with Crippen LogP contribution in [0.4, 0.5) is 0 Å². The van der Waals surface area contributed by atoms with Gasteiger partial charge in [-0.15, -0.1) is 6.42 Å². The predicted octanol–water partition coefficient (Wildman–Crippen LogP) is 2.65. The molecule has 0 saturated heterocycles. The van der Waals surface area contributed by atoms with Crippen molar-refractivity contribution in [1.82, 2.24) is 0 Å². The molecule has 4 saturated carbocycles. The summed E-state index contributed by atoms with van der Waals surface area (Å²) in [4.78, 5) is 0. The normalized spacial score (nSPS) is 34.7. The second kappa shape index (κ2) is 8.48. The molecule has 4 aliphatic carbocycles. The zero-order valence-corrected chi connectivity index (χ0v) is 14.1. The van der Waals surface area contributed by atoms with Crippen LogP contribution >= 0.6 is 0 Å². The molecule has 130 valence electrons. The number of rotatable bonds is 11. The first-order chi connectivity index (χ1) is 11.3. The quantitative estimate of drug-likeness (QED) is 0.433. The highest BCUT2D eigenvalue weighted by atomic mass is 16.6. The average molecular weight is 322 g/mol. The summed E-state index contributed by atoms with van der Waals surface area (Å²) in [6.45, 7) is 4.04. The maximum Gasteiger partial charge on any atom is 0.107 e. The summed E-state index contributed by atoms with van der Waals surface area (Å²) in [7, 11) is 0. The van der Waals surface area contributed by atoms with Gasteiger partial charge in [-0.05, 0) is 56.3 Å². The maximum absolute atomic E-state index is 6.31. The molecule has 0 aromatic rings. The van der Waals surface area contributed by atoms with E-state index >= 15 is 0 Å². The lowest BCUT2D eigenvalue weighted by molar-refractivity contribution is -0.169. The Morgan fingerprint density at radius 1 is 0.739 bits per heavy atom. The van der Waals surface area contributed by atoms with Gasteiger partial charge in [0, 0.05) is 0 Å². The van der Waals surface area contributed by atoms with Crippen molar-refractivity contribution in [2.75, 3.05) is 46.2 Å². The number of hydrogen-bond acceptors (Lipinski definition) is 4. The molecule has 0 unspecified atom stereocenters. The first-order valence-electron chi connectivity index (χ1n) is 9.10. The molecule has 4 aliphatic rings. The molecule has 4 bridgehead atoms. The number of terminal acetylenes is 1. The molecule has 0 aromatic heterocycles. The average Bonchev–Trinajstić information content (AvgIpc) is 2.51. The molecule has 0 heterocycles. The van der Waals surface area contributed by atoms with Gasteiger partial charge in [0.15, 0.2) is 0 Å². The van der Waals surface area contributed by atoms with E-state index in [1.54, 1.807) is 0 Å². The van der Waals surface area contributed by atoms with Crippen LogP contribution in [-0.2, 0) is 18.9 Å². The molecular weight excluding hydrogens is 292 g/mol. The van der Waals surface area contributed by atoms with Crippen molar-refractivity contribution in [3.05, 3.63) is 0 Å². The predicted molar refractivity (Wildman–Crippen MR) is 88.1 cm³/mol. The zero-order valence-electron chi connectivity index (χ0n) is 14.1. The Morgan fingerprint density at radius 2 is 1.22 bits per heavy atom. The van der Waals surface area contributed by atoms with Gasteiger partial charge >= 0.3 is 0 Å². The fourth-order valence-electron chi connectivity index (χ4n) is 5.10. The van der Waals surface area contributed by atoms with E-state index in [9.17, 15) is 0 Å². The first kappa shape index (κ1) is 17.2. The molecule has 0 radical (unpaired) electrons. The molecule has 0 N–H and O–H groups in total. The number of hydrogen-bond donors (Lipinski definition) is 0. The van der Waals surface area contributed by atoms with Crippen LogP contribution in [0.3, 0.4) is 0 Å². The van der Waals surface area contributed by atoms with Crippen LogP contribution in [0.1, 0.15) is 38.5 Å². The minimum absolute atomic E-state index is 0.197. The van der Waals surface area contributed by atoms with Crippen molar-refractivity contribution >= 4 is 0 Å². The Morgan fingerprint density at radius 3 is 1.74 bits per heavy atom. The molecule has 0 aliphatic heterocycles. The lowest BCUT2D eigenvalue weighted by Gasteiger charge is -2.56. The highest BCUT2D eigenvalue weighted by molar-refractivity contribution is 5.03. The van der Waals surface area contributed by atoms with Gasteiger partial charge in [-0.1, -0.05) is 5.92 Å². The van der Waals surface area contributed by atoms with Crippen LogP contribution < -0.4 is 0 Å². The van der Waals surface area contributed by atoms with E-state index in [1.165, 1.54) is 38.5 Å². The minimum atomic E-state index is 0.197. The molecule has 0 amide bonds. The lowest BCUT2D eigenvalue weighted by Crippen LogP contribution is -2.52. The van der Waals surface area contributed by atoms with E-state index in [-0.39, 0.29) is 5.60 Å². The van der Waals surface area contributed by atoms with E-state index in [2.05, 4.69) is 5.92 Å². The monoisotopic (exact) mass is 322 g/mol. The minimum Gasteiger partial charge on any atom is -0.377 e. The van der Waals surface area contributed by atoms with Crippen LogP contribution in [-0.4, -0.2) is 51.8 Å². The van der Waals surface area contributed by atoms with E-state index < -0.39 is 0 Å². The van der Waals surface area contributed by atoms with Gasteiger partial charge in [-0.2, -0.15) is 0 Å². The third kappa shape index (κ3) is 4.93. The van der Waals surface area contributed by atoms with E-state index in [1.807, 2.05) is 0 Å². The highest BCUT2D eigenvalue weighted by Crippen LogP contribution is 2.57. The van der Waals surface area contributed by atoms with Crippen molar-refractivity contribution in [3.8, 4) is 12.3 Å². The lowest BCUT2D eigenvalue weighted by atomic mass is 9.54. The van der Waals surface area contributed by atoms with E-state index in [0.717, 1.165) is 24.4 Å². The van der Waals surface area contributed by atoms with Gasteiger partial charge < -0.3 is 18.9 Å². The molecule has 0 atom stereocenters. The molecule has 4 fully saturated rings. The number of ether oxygens (including phenoxy) is 4. The summed E-state index contributed by atoms with van der Waals surface area (Å²) in [6.07, 6.45) is 13.3. The van der Waals surface area contributed by atoms with Crippen LogP contribution in [0.5, 0.6) is 0 Å². The van der Waals surface area contributed by atoms with Crippen LogP contribution in [0.2, 0.25) is 0 Å². The van der Waals surface area contributed by atoms with Crippen LogP contribution in [0.25, 0.3) is 0 Å². The maximum atomic E-state index is 6.31. The third-order valence-corrected chi connectivity index (χ3v) is 5.55. The van der Waals surface area contributed by atoms with Gasteiger partial charge in [0.2, 0.25) is 0 Å². The summed E-state index contributed by atoms with van der Waals surface area (Å²) >= 11 is 0. The van der Waals surface area contributed by atoms with Crippen LogP contribution in [0.15, 0.2) is 0 Å². The Labute approximate surface area is 140 Å².